The fourth-order valence-electron chi connectivity index (χ4n) is 4.38. The van der Waals surface area contributed by atoms with Crippen molar-refractivity contribution < 1.29 is 22.7 Å². The average Bonchev–Trinajstić information content (AvgIpc) is 3.39. The summed E-state index contributed by atoms with van der Waals surface area (Å²) in [4.78, 5) is 31.8. The van der Waals surface area contributed by atoms with Crippen molar-refractivity contribution in [3.8, 4) is 0 Å². The van der Waals surface area contributed by atoms with Gasteiger partial charge in [-0.3, -0.25) is 9.69 Å². The third-order valence-corrected chi connectivity index (χ3v) is 7.80. The minimum atomic E-state index is -3.60. The molecule has 0 spiro atoms. The monoisotopic (exact) mass is 555 g/mol. The molecule has 1 aliphatic heterocycles. The first-order valence-electron chi connectivity index (χ1n) is 12.2. The molecule has 4 heterocycles. The third kappa shape index (κ3) is 5.21. The lowest BCUT2D eigenvalue weighted by Crippen LogP contribution is -2.38. The van der Waals surface area contributed by atoms with E-state index in [1.165, 1.54) is 22.7 Å². The zero-order chi connectivity index (χ0) is 28.3. The number of benzene rings is 1. The van der Waals surface area contributed by atoms with Crippen LogP contribution < -0.4 is 15.5 Å². The molecule has 1 atom stereocenters. The summed E-state index contributed by atoms with van der Waals surface area (Å²) >= 11 is 0. The lowest BCUT2D eigenvalue weighted by molar-refractivity contribution is 0.0589. The van der Waals surface area contributed by atoms with Crippen LogP contribution in [0.1, 0.15) is 43.7 Å². The van der Waals surface area contributed by atoms with Gasteiger partial charge in [-0.25, -0.2) is 27.4 Å². The molecule has 0 aliphatic carbocycles. The topological polar surface area (TPSA) is 166 Å². The van der Waals surface area contributed by atoms with E-state index in [0.29, 0.717) is 28.0 Å². The van der Waals surface area contributed by atoms with Crippen LogP contribution in [0.15, 0.2) is 24.4 Å². The van der Waals surface area contributed by atoms with Crippen LogP contribution in [0, 0.1) is 0 Å². The number of ether oxygens (including phenoxy) is 1. The Balaban J connectivity index is 1.73. The minimum absolute atomic E-state index is 0.0622. The van der Waals surface area contributed by atoms with Crippen LogP contribution in [0.4, 0.5) is 22.0 Å². The predicted molar refractivity (Wildman–Crippen MR) is 144 cm³/mol. The largest absolute Gasteiger partial charge is 0.443 e. The lowest BCUT2D eigenvalue weighted by Gasteiger charge is -2.25. The highest BCUT2D eigenvalue weighted by molar-refractivity contribution is 7.90. The van der Waals surface area contributed by atoms with E-state index in [-0.39, 0.29) is 28.7 Å². The van der Waals surface area contributed by atoms with E-state index >= 15 is 0 Å². The molecule has 3 aromatic heterocycles. The molecule has 0 saturated carbocycles. The maximum atomic E-state index is 13.2. The Hall–Kier alpha value is -4.27. The van der Waals surface area contributed by atoms with E-state index in [9.17, 15) is 18.0 Å². The summed E-state index contributed by atoms with van der Waals surface area (Å²) < 4.78 is 34.4. The van der Waals surface area contributed by atoms with Crippen LogP contribution in [0.2, 0.25) is 0 Å². The zero-order valence-electron chi connectivity index (χ0n) is 22.4. The van der Waals surface area contributed by atoms with Crippen LogP contribution in [0.5, 0.6) is 0 Å². The number of nitrogens with one attached hydrogen (secondary N) is 2. The summed E-state index contributed by atoms with van der Waals surface area (Å²) in [7, 11) is -0.350. The first-order chi connectivity index (χ1) is 18.2. The highest BCUT2D eigenvalue weighted by atomic mass is 32.2. The Kier molecular flexibility index (Phi) is 6.20. The molecule has 14 nitrogen and oxygen atoms in total. The summed E-state index contributed by atoms with van der Waals surface area (Å²) in [6.07, 6.45) is 0.699. The number of carbonyl (C=O) groups is 2. The molecule has 1 aliphatic rings. The Labute approximate surface area is 224 Å². The molecular formula is C24H29N9O5S. The summed E-state index contributed by atoms with van der Waals surface area (Å²) in [5.41, 5.74) is 1.97. The van der Waals surface area contributed by atoms with Crippen molar-refractivity contribution in [1.29, 1.82) is 0 Å². The van der Waals surface area contributed by atoms with Gasteiger partial charge in [0.15, 0.2) is 27.0 Å². The Bertz CT molecular complexity index is 1740. The lowest BCUT2D eigenvalue weighted by atomic mass is 10.2. The quantitative estimate of drug-likeness (QED) is 0.355. The number of amides is 2. The van der Waals surface area contributed by atoms with Crippen LogP contribution >= 0.6 is 0 Å². The molecule has 4 aromatic rings. The van der Waals surface area contributed by atoms with E-state index in [1.807, 2.05) is 0 Å². The summed E-state index contributed by atoms with van der Waals surface area (Å²) in [6, 6.07) is 4.30. The van der Waals surface area contributed by atoms with Gasteiger partial charge in [-0.2, -0.15) is 0 Å². The smallest absolute Gasteiger partial charge is 0.414 e. The van der Waals surface area contributed by atoms with Gasteiger partial charge in [0.1, 0.15) is 11.1 Å². The van der Waals surface area contributed by atoms with Crippen molar-refractivity contribution in [2.24, 2.45) is 7.05 Å². The molecule has 39 heavy (non-hydrogen) atoms. The Morgan fingerprint density at radius 1 is 1.23 bits per heavy atom. The number of imidazole rings is 1. The molecular weight excluding hydrogens is 526 g/mol. The molecule has 2 amide bonds. The minimum Gasteiger partial charge on any atom is -0.443 e. The maximum Gasteiger partial charge on any atom is 0.414 e. The molecule has 0 radical (unpaired) electrons. The zero-order valence-corrected chi connectivity index (χ0v) is 23.2. The van der Waals surface area contributed by atoms with Gasteiger partial charge in [-0.05, 0) is 45.4 Å². The number of aromatic nitrogens is 6. The average molecular weight is 556 g/mol. The molecule has 0 unspecified atom stereocenters. The normalized spacial score (nSPS) is 17.5. The molecule has 5 rings (SSSR count). The van der Waals surface area contributed by atoms with Gasteiger partial charge in [0.2, 0.25) is 0 Å². The van der Waals surface area contributed by atoms with Gasteiger partial charge in [0.05, 0.1) is 34.6 Å². The van der Waals surface area contributed by atoms with Crippen molar-refractivity contribution in [3.05, 3.63) is 35.7 Å². The summed E-state index contributed by atoms with van der Waals surface area (Å²) in [6.45, 7) is 6.90. The number of fused-ring (bicyclic) bond motifs is 5. The van der Waals surface area contributed by atoms with Crippen LogP contribution in [0.3, 0.4) is 0 Å². The van der Waals surface area contributed by atoms with Gasteiger partial charge in [-0.1, -0.05) is 5.21 Å². The molecule has 0 saturated heterocycles. The number of sulfone groups is 1. The molecule has 15 heteroatoms. The number of anilines is 3. The van der Waals surface area contributed by atoms with Crippen molar-refractivity contribution in [2.75, 3.05) is 23.0 Å². The second kappa shape index (κ2) is 9.18. The molecule has 206 valence electrons. The van der Waals surface area contributed by atoms with Crippen LogP contribution in [-0.4, -0.2) is 74.5 Å². The highest BCUT2D eigenvalue weighted by Crippen LogP contribution is 2.31. The van der Waals surface area contributed by atoms with Gasteiger partial charge < -0.3 is 15.4 Å². The van der Waals surface area contributed by atoms with Gasteiger partial charge in [-0.15, -0.1) is 10.2 Å². The van der Waals surface area contributed by atoms with E-state index in [0.717, 1.165) is 0 Å². The SMILES string of the molecule is C[C@@H]1CS(=O)(=O)Cc2cc(c3nnn(C)c3c2)Nc2cc(N(C)C(=O)OC(C)(C)C)c3ncc(n3n2)C(=O)N1. The summed E-state index contributed by atoms with van der Waals surface area (Å²) in [5.74, 6) is -0.838. The van der Waals surface area contributed by atoms with Crippen LogP contribution in [0.25, 0.3) is 16.7 Å². The van der Waals surface area contributed by atoms with E-state index in [4.69, 9.17) is 4.74 Å². The predicted octanol–water partition coefficient (Wildman–Crippen LogP) is 2.17. The van der Waals surface area contributed by atoms with E-state index < -0.39 is 33.5 Å². The molecule has 1 aromatic carbocycles. The fraction of sp³-hybridized carbons (Fsp3) is 0.417. The number of rotatable bonds is 1. The summed E-state index contributed by atoms with van der Waals surface area (Å²) in [5, 5.41) is 18.8. The molecule has 0 fully saturated rings. The Morgan fingerprint density at radius 3 is 2.69 bits per heavy atom. The second-order valence-corrected chi connectivity index (χ2v) is 12.7. The van der Waals surface area contributed by atoms with Crippen molar-refractivity contribution in [1.82, 2.24) is 34.9 Å². The maximum absolute atomic E-state index is 13.2. The fourth-order valence-corrected chi connectivity index (χ4v) is 6.02. The van der Waals surface area contributed by atoms with E-state index in [1.54, 1.807) is 57.6 Å². The van der Waals surface area contributed by atoms with Crippen molar-refractivity contribution in [2.45, 2.75) is 45.1 Å². The third-order valence-electron chi connectivity index (χ3n) is 6.02. The van der Waals surface area contributed by atoms with E-state index in [2.05, 4.69) is 31.0 Å². The standard InChI is InChI=1S/C24H29N9O5S/c1-13-11-39(36,37)12-14-7-15(20-16(8-14)32(6)30-28-20)27-19-9-17(31(5)23(35)38-24(2,3)4)21-25-10-18(22(34)26-13)33(21)29-19/h7-10,13H,11-12H2,1-6H3,(H,26,34)(H,27,29)/t13-/m1/s1. The van der Waals surface area contributed by atoms with Crippen molar-refractivity contribution >= 4 is 55.7 Å². The van der Waals surface area contributed by atoms with Gasteiger partial charge in [0.25, 0.3) is 5.91 Å². The van der Waals surface area contributed by atoms with Gasteiger partial charge >= 0.3 is 6.09 Å². The number of carbonyl (C=O) groups excluding carboxylic acids is 2. The number of hydrogen-bond donors (Lipinski definition) is 2. The first-order valence-corrected chi connectivity index (χ1v) is 14.0. The molecule has 4 bridgehead atoms. The molecule has 2 N–H and O–H groups in total. The van der Waals surface area contributed by atoms with Crippen molar-refractivity contribution in [3.63, 3.8) is 0 Å². The second-order valence-electron chi connectivity index (χ2n) is 10.6. The van der Waals surface area contributed by atoms with Gasteiger partial charge in [0, 0.05) is 26.2 Å². The number of aryl methyl sites for hydroxylation is 1. The number of nitrogens with zero attached hydrogens (tertiary/aromatic N) is 7. The first kappa shape index (κ1) is 26.3. The van der Waals surface area contributed by atoms with Crippen LogP contribution in [-0.2, 0) is 27.4 Å². The highest BCUT2D eigenvalue weighted by Gasteiger charge is 2.27. The number of hydrogen-bond acceptors (Lipinski definition) is 10. The Morgan fingerprint density at radius 2 is 1.97 bits per heavy atom.